The van der Waals surface area contributed by atoms with Crippen LogP contribution in [-0.4, -0.2) is 19.9 Å². The zero-order chi connectivity index (χ0) is 36.0. The van der Waals surface area contributed by atoms with Crippen LogP contribution >= 0.6 is 0 Å². The first-order chi connectivity index (χ1) is 26.5. The van der Waals surface area contributed by atoms with Gasteiger partial charge in [0.25, 0.3) is 0 Å². The van der Waals surface area contributed by atoms with Crippen LogP contribution in [-0.2, 0) is 5.41 Å². The molecular formula is C49H32N4O. The average molecular weight is 693 g/mol. The van der Waals surface area contributed by atoms with Crippen molar-refractivity contribution in [2.75, 3.05) is 0 Å². The first-order valence-corrected chi connectivity index (χ1v) is 18.3. The number of hydrogen-bond acceptors (Lipinski definition) is 5. The Bertz CT molecular complexity index is 3130. The van der Waals surface area contributed by atoms with Gasteiger partial charge in [0.1, 0.15) is 11.2 Å². The zero-order valence-corrected chi connectivity index (χ0v) is 29.7. The van der Waals surface area contributed by atoms with Crippen molar-refractivity contribution in [3.05, 3.63) is 169 Å². The van der Waals surface area contributed by atoms with E-state index in [0.29, 0.717) is 17.5 Å². The zero-order valence-electron chi connectivity index (χ0n) is 29.7. The topological polar surface area (TPSA) is 64.7 Å². The van der Waals surface area contributed by atoms with Crippen molar-refractivity contribution in [3.63, 3.8) is 0 Å². The second kappa shape index (κ2) is 11.5. The summed E-state index contributed by atoms with van der Waals surface area (Å²) in [6, 6.07) is 54.7. The smallest absolute Gasteiger partial charge is 0.167 e. The van der Waals surface area contributed by atoms with Gasteiger partial charge in [-0.2, -0.15) is 0 Å². The van der Waals surface area contributed by atoms with Gasteiger partial charge in [0.2, 0.25) is 0 Å². The molecule has 0 bridgehead atoms. The van der Waals surface area contributed by atoms with Gasteiger partial charge in [-0.15, -0.1) is 0 Å². The van der Waals surface area contributed by atoms with Crippen LogP contribution in [0.2, 0.25) is 0 Å². The molecule has 3 heterocycles. The number of furan rings is 1. The predicted octanol–water partition coefficient (Wildman–Crippen LogP) is 12.4. The Morgan fingerprint density at radius 1 is 0.426 bits per heavy atom. The quantitative estimate of drug-likeness (QED) is 0.172. The molecule has 10 aromatic rings. The molecule has 1 aliphatic rings. The van der Waals surface area contributed by atoms with Gasteiger partial charge in [-0.1, -0.05) is 141 Å². The first-order valence-electron chi connectivity index (χ1n) is 18.3. The molecule has 7 aromatic carbocycles. The normalized spacial score (nSPS) is 13.1. The molecule has 3 aromatic heterocycles. The van der Waals surface area contributed by atoms with E-state index < -0.39 is 0 Å². The van der Waals surface area contributed by atoms with Crippen LogP contribution in [0.25, 0.3) is 100 Å². The summed E-state index contributed by atoms with van der Waals surface area (Å²) in [6.45, 7) is 4.59. The van der Waals surface area contributed by atoms with E-state index in [1.807, 2.05) is 42.5 Å². The molecule has 54 heavy (non-hydrogen) atoms. The van der Waals surface area contributed by atoms with Gasteiger partial charge in [0.15, 0.2) is 17.5 Å². The van der Waals surface area contributed by atoms with Gasteiger partial charge in [-0.25, -0.2) is 19.9 Å². The van der Waals surface area contributed by atoms with Gasteiger partial charge in [0.05, 0.1) is 16.8 Å². The van der Waals surface area contributed by atoms with Crippen LogP contribution in [0.4, 0.5) is 0 Å². The highest BCUT2D eigenvalue weighted by Gasteiger charge is 2.35. The molecule has 0 aliphatic heterocycles. The van der Waals surface area contributed by atoms with Crippen molar-refractivity contribution in [2.45, 2.75) is 19.3 Å². The molecule has 0 fully saturated rings. The van der Waals surface area contributed by atoms with E-state index in [-0.39, 0.29) is 5.41 Å². The fourth-order valence-electron chi connectivity index (χ4n) is 8.52. The number of para-hydroxylation sites is 2. The Morgan fingerprint density at radius 3 is 1.91 bits per heavy atom. The third-order valence-electron chi connectivity index (χ3n) is 11.1. The van der Waals surface area contributed by atoms with Gasteiger partial charge in [0, 0.05) is 49.0 Å². The minimum Gasteiger partial charge on any atom is -0.455 e. The maximum atomic E-state index is 6.83. The standard InChI is InChI=1S/C49H32N4O/c1-49(2)38-22-11-9-18-32(38)37-28-31(24-26-39(37)49)47-51-46(30-16-7-4-8-17-30)52-48(53-47)36-21-13-20-35-43-41(54-45(35)36)27-25-34-42(43)33-19-10-12-23-40(33)50-44(34)29-14-5-3-6-15-29/h3-28H,1-2H3. The summed E-state index contributed by atoms with van der Waals surface area (Å²) in [5.41, 5.74) is 12.2. The average Bonchev–Trinajstić information content (AvgIpc) is 3.73. The lowest BCUT2D eigenvalue weighted by molar-refractivity contribution is 0.660. The van der Waals surface area contributed by atoms with Gasteiger partial charge in [-0.3, -0.25) is 0 Å². The molecule has 0 amide bonds. The van der Waals surface area contributed by atoms with Crippen LogP contribution in [0.15, 0.2) is 162 Å². The largest absolute Gasteiger partial charge is 0.455 e. The maximum absolute atomic E-state index is 6.83. The maximum Gasteiger partial charge on any atom is 0.167 e. The highest BCUT2D eigenvalue weighted by atomic mass is 16.3. The summed E-state index contributed by atoms with van der Waals surface area (Å²) in [4.78, 5) is 20.6. The summed E-state index contributed by atoms with van der Waals surface area (Å²) in [5, 5.41) is 5.34. The molecule has 254 valence electrons. The SMILES string of the molecule is CC1(C)c2ccccc2-c2cc(-c3nc(-c4ccccc4)nc(-c4cccc5c4oc4ccc6c(-c7ccccc7)nc7ccccc7c6c45)n3)ccc21. The molecule has 5 nitrogen and oxygen atoms in total. The number of aromatic nitrogens is 4. The Balaban J connectivity index is 1.16. The molecule has 0 radical (unpaired) electrons. The molecule has 0 spiro atoms. The van der Waals surface area contributed by atoms with E-state index in [1.165, 1.54) is 22.3 Å². The Morgan fingerprint density at radius 2 is 1.07 bits per heavy atom. The fraction of sp³-hybridized carbons (Fsp3) is 0.0612. The second-order valence-corrected chi connectivity index (χ2v) is 14.6. The second-order valence-electron chi connectivity index (χ2n) is 14.6. The van der Waals surface area contributed by atoms with E-state index in [2.05, 4.69) is 129 Å². The van der Waals surface area contributed by atoms with Gasteiger partial charge >= 0.3 is 0 Å². The minimum atomic E-state index is -0.0890. The van der Waals surface area contributed by atoms with Crippen LogP contribution in [0.5, 0.6) is 0 Å². The molecule has 11 rings (SSSR count). The number of hydrogen-bond donors (Lipinski definition) is 0. The molecule has 1 aliphatic carbocycles. The summed E-state index contributed by atoms with van der Waals surface area (Å²) in [5.74, 6) is 1.79. The molecule has 0 atom stereocenters. The number of rotatable bonds is 4. The van der Waals surface area contributed by atoms with Crippen LogP contribution in [0.1, 0.15) is 25.0 Å². The van der Waals surface area contributed by atoms with Crippen molar-refractivity contribution in [2.24, 2.45) is 0 Å². The Kier molecular flexibility index (Phi) is 6.53. The molecule has 0 unspecified atom stereocenters. The lowest BCUT2D eigenvalue weighted by Crippen LogP contribution is -2.14. The van der Waals surface area contributed by atoms with Crippen LogP contribution < -0.4 is 0 Å². The van der Waals surface area contributed by atoms with Crippen molar-refractivity contribution in [1.82, 2.24) is 19.9 Å². The lowest BCUT2D eigenvalue weighted by Gasteiger charge is -2.21. The van der Waals surface area contributed by atoms with E-state index in [4.69, 9.17) is 24.4 Å². The summed E-state index contributed by atoms with van der Waals surface area (Å²) >= 11 is 0. The summed E-state index contributed by atoms with van der Waals surface area (Å²) in [6.07, 6.45) is 0. The third kappa shape index (κ3) is 4.51. The minimum absolute atomic E-state index is 0.0890. The number of fused-ring (bicyclic) bond motifs is 10. The van der Waals surface area contributed by atoms with Crippen LogP contribution in [0.3, 0.4) is 0 Å². The molecule has 0 N–H and O–H groups in total. The highest BCUT2D eigenvalue weighted by Crippen LogP contribution is 2.49. The van der Waals surface area contributed by atoms with Crippen molar-refractivity contribution in [3.8, 4) is 56.5 Å². The summed E-state index contributed by atoms with van der Waals surface area (Å²) < 4.78 is 6.83. The molecular weight excluding hydrogens is 661 g/mol. The number of benzene rings is 7. The summed E-state index contributed by atoms with van der Waals surface area (Å²) in [7, 11) is 0. The van der Waals surface area contributed by atoms with E-state index in [9.17, 15) is 0 Å². The monoisotopic (exact) mass is 692 g/mol. The highest BCUT2D eigenvalue weighted by molar-refractivity contribution is 6.28. The van der Waals surface area contributed by atoms with E-state index in [0.717, 1.165) is 71.6 Å². The van der Waals surface area contributed by atoms with Gasteiger partial charge in [-0.05, 0) is 52.6 Å². The van der Waals surface area contributed by atoms with Gasteiger partial charge < -0.3 is 4.42 Å². The molecule has 0 saturated heterocycles. The van der Waals surface area contributed by atoms with E-state index >= 15 is 0 Å². The van der Waals surface area contributed by atoms with Crippen molar-refractivity contribution < 1.29 is 4.42 Å². The number of nitrogens with zero attached hydrogens (tertiary/aromatic N) is 4. The lowest BCUT2D eigenvalue weighted by atomic mass is 9.82. The predicted molar refractivity (Wildman–Crippen MR) is 219 cm³/mol. The molecule has 5 heteroatoms. The Hall–Kier alpha value is -6.98. The first kappa shape index (κ1) is 30.6. The van der Waals surface area contributed by atoms with Crippen LogP contribution in [0, 0.1) is 0 Å². The van der Waals surface area contributed by atoms with E-state index in [1.54, 1.807) is 0 Å². The van der Waals surface area contributed by atoms with Crippen molar-refractivity contribution in [1.29, 1.82) is 0 Å². The fourth-order valence-corrected chi connectivity index (χ4v) is 8.52. The number of pyridine rings is 1. The molecule has 0 saturated carbocycles. The van der Waals surface area contributed by atoms with Crippen molar-refractivity contribution >= 4 is 43.6 Å². The third-order valence-corrected chi connectivity index (χ3v) is 11.1. The Labute approximate surface area is 311 Å².